The highest BCUT2D eigenvalue weighted by molar-refractivity contribution is 7.92. The van der Waals surface area contributed by atoms with Crippen molar-refractivity contribution >= 4 is 55.7 Å². The molecule has 0 unspecified atom stereocenters. The van der Waals surface area contributed by atoms with E-state index in [0.29, 0.717) is 17.1 Å². The number of alkyl halides is 6. The summed E-state index contributed by atoms with van der Waals surface area (Å²) in [6.45, 7) is -4.12. The molecule has 1 aliphatic heterocycles. The zero-order chi connectivity index (χ0) is 36.9. The van der Waals surface area contributed by atoms with E-state index in [2.05, 4.69) is 4.98 Å². The molecule has 1 fully saturated rings. The number of aromatic nitrogens is 1. The quantitative estimate of drug-likeness (QED) is 0.148. The summed E-state index contributed by atoms with van der Waals surface area (Å²) in [5.41, 5.74) is -0.884. The molecule has 1 aromatic heterocycles. The van der Waals surface area contributed by atoms with Gasteiger partial charge in [0.2, 0.25) is 15.9 Å². The highest BCUT2D eigenvalue weighted by atomic mass is 35.5. The van der Waals surface area contributed by atoms with Crippen molar-refractivity contribution in [1.82, 2.24) is 4.98 Å². The van der Waals surface area contributed by atoms with Crippen LogP contribution in [0.25, 0.3) is 10.9 Å². The van der Waals surface area contributed by atoms with E-state index in [1.807, 2.05) is 0 Å². The lowest BCUT2D eigenvalue weighted by atomic mass is 10.0. The molecule has 1 aliphatic carbocycles. The Balaban J connectivity index is 1.37. The van der Waals surface area contributed by atoms with E-state index < -0.39 is 82.7 Å². The SMILES string of the molecule is COc1ccccc1N(C(=O)C1CC1)S(=O)(=O)Cc1ccc(N2Cc3c(c(OCC(F)(F)F)c4cccnc4c3OCC(F)(F)F)C2=O)c(Cl)c1. The fourth-order valence-electron chi connectivity index (χ4n) is 5.68. The van der Waals surface area contributed by atoms with E-state index in [0.717, 1.165) is 4.90 Å². The molecule has 1 saturated carbocycles. The smallest absolute Gasteiger partial charge is 0.422 e. The Bertz CT molecular complexity index is 2140. The molecule has 3 aromatic carbocycles. The second kappa shape index (κ2) is 13.4. The molecule has 0 radical (unpaired) electrons. The Kier molecular flexibility index (Phi) is 9.48. The topological polar surface area (TPSA) is 115 Å². The predicted octanol–water partition coefficient (Wildman–Crippen LogP) is 7.21. The van der Waals surface area contributed by atoms with Crippen LogP contribution in [-0.2, 0) is 27.1 Å². The summed E-state index contributed by atoms with van der Waals surface area (Å²) in [5.74, 6) is -3.69. The third kappa shape index (κ3) is 7.49. The molecule has 18 heteroatoms. The van der Waals surface area contributed by atoms with Gasteiger partial charge < -0.3 is 19.1 Å². The number of ether oxygens (including phenoxy) is 3. The molecule has 0 saturated heterocycles. The summed E-state index contributed by atoms with van der Waals surface area (Å²) in [6.07, 6.45) is -7.42. The van der Waals surface area contributed by atoms with Gasteiger partial charge in [-0.2, -0.15) is 26.3 Å². The number of benzene rings is 3. The minimum absolute atomic E-state index is 0.0222. The molecule has 10 nitrogen and oxygen atoms in total. The molecular formula is C33H26ClF6N3O7S. The largest absolute Gasteiger partial charge is 0.495 e. The van der Waals surface area contributed by atoms with Crippen LogP contribution in [0.15, 0.2) is 60.8 Å². The van der Waals surface area contributed by atoms with Gasteiger partial charge >= 0.3 is 12.4 Å². The lowest BCUT2D eigenvalue weighted by Crippen LogP contribution is -2.39. The van der Waals surface area contributed by atoms with Gasteiger partial charge in [0.05, 0.1) is 35.7 Å². The maximum Gasteiger partial charge on any atom is 0.422 e. The van der Waals surface area contributed by atoms with Crippen LogP contribution >= 0.6 is 11.6 Å². The van der Waals surface area contributed by atoms with Gasteiger partial charge in [0.25, 0.3) is 5.91 Å². The number of hydrogen-bond donors (Lipinski definition) is 0. The number of anilines is 2. The minimum Gasteiger partial charge on any atom is -0.495 e. The standard InChI is InChI=1S/C33H26ClF6N3O7S/c1-48-25-7-3-2-6-24(25)43(30(44)19-9-10-19)51(46,47)15-18-8-11-23(22(34)13-18)42-14-21-26(31(42)45)28(49-16-32(35,36)37)20-5-4-12-41-27(20)29(21)50-17-33(38,39)40/h2-8,11-13,19H,9-10,14-17H2,1H3. The Morgan fingerprint density at radius 2 is 1.65 bits per heavy atom. The Morgan fingerprint density at radius 3 is 2.27 bits per heavy atom. The van der Waals surface area contributed by atoms with Crippen LogP contribution in [0.1, 0.15) is 34.3 Å². The number of rotatable bonds is 11. The highest BCUT2D eigenvalue weighted by Gasteiger charge is 2.42. The van der Waals surface area contributed by atoms with Gasteiger partial charge in [0, 0.05) is 23.1 Å². The molecule has 6 rings (SSSR count). The number of hydrogen-bond acceptors (Lipinski definition) is 8. The summed E-state index contributed by atoms with van der Waals surface area (Å²) in [5, 5.41) is -0.376. The number of methoxy groups -OCH3 is 1. The zero-order valence-electron chi connectivity index (χ0n) is 26.3. The molecule has 0 spiro atoms. The number of sulfonamides is 1. The molecule has 51 heavy (non-hydrogen) atoms. The summed E-state index contributed by atoms with van der Waals surface area (Å²) in [7, 11) is -3.07. The van der Waals surface area contributed by atoms with Gasteiger partial charge in [-0.25, -0.2) is 12.7 Å². The Labute approximate surface area is 291 Å². The first-order valence-corrected chi connectivity index (χ1v) is 17.1. The van der Waals surface area contributed by atoms with Crippen molar-refractivity contribution in [2.75, 3.05) is 29.5 Å². The minimum atomic E-state index is -4.84. The molecule has 0 atom stereocenters. The predicted molar refractivity (Wildman–Crippen MR) is 173 cm³/mol. The van der Waals surface area contributed by atoms with Crippen molar-refractivity contribution < 1.29 is 58.6 Å². The lowest BCUT2D eigenvalue weighted by Gasteiger charge is -2.24. The van der Waals surface area contributed by atoms with Crippen LogP contribution in [0, 0.1) is 5.92 Å². The second-order valence-electron chi connectivity index (χ2n) is 11.7. The van der Waals surface area contributed by atoms with Gasteiger partial charge in [-0.1, -0.05) is 29.8 Å². The van der Waals surface area contributed by atoms with Crippen LogP contribution in [0.2, 0.25) is 5.02 Å². The maximum atomic E-state index is 13.9. The third-order valence-corrected chi connectivity index (χ3v) is 9.90. The van der Waals surface area contributed by atoms with Gasteiger partial charge in [-0.3, -0.25) is 14.6 Å². The van der Waals surface area contributed by atoms with Crippen molar-refractivity contribution in [3.8, 4) is 17.2 Å². The Morgan fingerprint density at radius 1 is 0.980 bits per heavy atom. The fraction of sp³-hybridized carbons (Fsp3) is 0.303. The van der Waals surface area contributed by atoms with E-state index >= 15 is 0 Å². The van der Waals surface area contributed by atoms with E-state index in [1.54, 1.807) is 12.1 Å². The molecule has 2 aliphatic rings. The first-order valence-electron chi connectivity index (χ1n) is 15.1. The van der Waals surface area contributed by atoms with Crippen molar-refractivity contribution in [2.24, 2.45) is 5.92 Å². The van der Waals surface area contributed by atoms with E-state index in [4.69, 9.17) is 25.8 Å². The number of para-hydroxylation sites is 2. The van der Waals surface area contributed by atoms with Crippen molar-refractivity contribution in [2.45, 2.75) is 37.5 Å². The highest BCUT2D eigenvalue weighted by Crippen LogP contribution is 2.47. The average Bonchev–Trinajstić information content (AvgIpc) is 3.85. The number of carbonyl (C=O) groups excluding carboxylic acids is 2. The summed E-state index contributed by atoms with van der Waals surface area (Å²) >= 11 is 6.58. The number of fused-ring (bicyclic) bond motifs is 2. The van der Waals surface area contributed by atoms with Gasteiger partial charge in [0.15, 0.2) is 19.0 Å². The molecule has 0 bridgehead atoms. The fourth-order valence-corrected chi connectivity index (χ4v) is 7.59. The molecule has 270 valence electrons. The summed E-state index contributed by atoms with van der Waals surface area (Å²) < 4.78 is 123. The first-order chi connectivity index (χ1) is 24.0. The van der Waals surface area contributed by atoms with Crippen LogP contribution in [0.3, 0.4) is 0 Å². The van der Waals surface area contributed by atoms with Gasteiger partial charge in [-0.05, 0) is 54.8 Å². The lowest BCUT2D eigenvalue weighted by molar-refractivity contribution is -0.154. The van der Waals surface area contributed by atoms with Crippen molar-refractivity contribution in [3.63, 3.8) is 0 Å². The monoisotopic (exact) mass is 757 g/mol. The van der Waals surface area contributed by atoms with E-state index in [9.17, 15) is 44.3 Å². The molecule has 2 heterocycles. The number of nitrogens with zero attached hydrogens (tertiary/aromatic N) is 3. The van der Waals surface area contributed by atoms with E-state index in [-0.39, 0.29) is 44.2 Å². The second-order valence-corrected chi connectivity index (χ2v) is 13.9. The molecule has 0 N–H and O–H groups in total. The molecule has 4 aromatic rings. The van der Waals surface area contributed by atoms with Gasteiger partial charge in [0.1, 0.15) is 22.7 Å². The zero-order valence-corrected chi connectivity index (χ0v) is 27.9. The number of carbonyl (C=O) groups is 2. The normalized spacial score (nSPS) is 14.8. The Hall–Kier alpha value is -4.77. The molecule has 2 amide bonds. The number of amides is 2. The van der Waals surface area contributed by atoms with Crippen LogP contribution in [-0.4, -0.2) is 57.9 Å². The number of halogens is 7. The van der Waals surface area contributed by atoms with Gasteiger partial charge in [-0.15, -0.1) is 0 Å². The average molecular weight is 758 g/mol. The summed E-state index contributed by atoms with van der Waals surface area (Å²) in [6, 6.07) is 12.5. The first kappa shape index (κ1) is 36.0. The van der Waals surface area contributed by atoms with Crippen LogP contribution in [0.5, 0.6) is 17.2 Å². The summed E-state index contributed by atoms with van der Waals surface area (Å²) in [4.78, 5) is 32.2. The van der Waals surface area contributed by atoms with Crippen LogP contribution in [0.4, 0.5) is 37.7 Å². The molecular weight excluding hydrogens is 732 g/mol. The van der Waals surface area contributed by atoms with Crippen molar-refractivity contribution in [1.29, 1.82) is 0 Å². The third-order valence-electron chi connectivity index (χ3n) is 7.97. The number of pyridine rings is 1. The van der Waals surface area contributed by atoms with Crippen molar-refractivity contribution in [3.05, 3.63) is 82.5 Å². The van der Waals surface area contributed by atoms with Crippen LogP contribution < -0.4 is 23.4 Å². The van der Waals surface area contributed by atoms with E-state index in [1.165, 1.54) is 55.8 Å². The maximum absolute atomic E-state index is 13.9.